The molecule has 0 saturated carbocycles. The molecule has 1 rings (SSSR count). The minimum Gasteiger partial charge on any atom is -0.347 e. The molecule has 1 aromatic heterocycles. The zero-order chi connectivity index (χ0) is 10.0. The van der Waals surface area contributed by atoms with E-state index in [0.717, 1.165) is 0 Å². The minimum atomic E-state index is -0.0295. The van der Waals surface area contributed by atoms with Crippen LogP contribution < -0.4 is 0 Å². The third kappa shape index (κ3) is 2.77. The van der Waals surface area contributed by atoms with Gasteiger partial charge >= 0.3 is 0 Å². The zero-order valence-corrected chi connectivity index (χ0v) is 10.3. The summed E-state index contributed by atoms with van der Waals surface area (Å²) in [6.07, 6.45) is 0. The van der Waals surface area contributed by atoms with Crippen LogP contribution in [0.3, 0.4) is 0 Å². The maximum Gasteiger partial charge on any atom is 0.243 e. The lowest BCUT2D eigenvalue weighted by atomic mass is 10.5. The Labute approximate surface area is 92.4 Å². The topological polar surface area (TPSA) is 51.0 Å². The Bertz CT molecular complexity index is 322. The average molecular weight is 312 g/mol. The van der Waals surface area contributed by atoms with E-state index < -0.39 is 0 Å². The highest BCUT2D eigenvalue weighted by Gasteiger charge is 2.10. The van der Waals surface area contributed by atoms with E-state index in [9.17, 15) is 4.79 Å². The SMILES string of the molecule is CN(C)C(=O)Cn1nc(Br)nc1Br. The van der Waals surface area contributed by atoms with E-state index in [1.165, 1.54) is 9.58 Å². The first-order chi connectivity index (χ1) is 6.00. The lowest BCUT2D eigenvalue weighted by Gasteiger charge is -2.09. The highest BCUT2D eigenvalue weighted by molar-refractivity contribution is 9.11. The summed E-state index contributed by atoms with van der Waals surface area (Å²) in [6, 6.07) is 0. The van der Waals surface area contributed by atoms with Gasteiger partial charge in [-0.3, -0.25) is 4.79 Å². The molecule has 0 N–H and O–H groups in total. The first kappa shape index (κ1) is 10.6. The Morgan fingerprint density at radius 1 is 1.54 bits per heavy atom. The van der Waals surface area contributed by atoms with Crippen LogP contribution in [0.5, 0.6) is 0 Å². The van der Waals surface area contributed by atoms with Gasteiger partial charge in [-0.15, -0.1) is 5.10 Å². The molecular formula is C6H8Br2N4O. The van der Waals surface area contributed by atoms with Crippen LogP contribution in [0.25, 0.3) is 0 Å². The van der Waals surface area contributed by atoms with Crippen molar-refractivity contribution in [3.8, 4) is 0 Å². The number of aromatic nitrogens is 3. The second-order valence-corrected chi connectivity index (χ2v) is 4.01. The number of halogens is 2. The number of carbonyl (C=O) groups excluding carboxylic acids is 1. The Morgan fingerprint density at radius 2 is 2.15 bits per heavy atom. The van der Waals surface area contributed by atoms with Gasteiger partial charge in [0.15, 0.2) is 4.73 Å². The van der Waals surface area contributed by atoms with Gasteiger partial charge in [0.25, 0.3) is 0 Å². The second-order valence-electron chi connectivity index (χ2n) is 2.60. The predicted octanol–water partition coefficient (Wildman–Crippen LogP) is 0.891. The van der Waals surface area contributed by atoms with E-state index in [4.69, 9.17) is 0 Å². The number of hydrogen-bond acceptors (Lipinski definition) is 3. The molecule has 0 fully saturated rings. The van der Waals surface area contributed by atoms with E-state index in [1.807, 2.05) is 0 Å². The maximum absolute atomic E-state index is 11.3. The van der Waals surface area contributed by atoms with Gasteiger partial charge in [-0.2, -0.15) is 4.98 Å². The van der Waals surface area contributed by atoms with E-state index >= 15 is 0 Å². The van der Waals surface area contributed by atoms with Gasteiger partial charge in [-0.25, -0.2) is 4.68 Å². The van der Waals surface area contributed by atoms with Crippen LogP contribution in [0.4, 0.5) is 0 Å². The fourth-order valence-corrected chi connectivity index (χ4v) is 1.64. The molecule has 0 aliphatic heterocycles. The molecule has 1 heterocycles. The molecule has 0 aliphatic carbocycles. The van der Waals surface area contributed by atoms with Crippen molar-refractivity contribution < 1.29 is 4.79 Å². The van der Waals surface area contributed by atoms with Gasteiger partial charge in [-0.1, -0.05) is 0 Å². The lowest BCUT2D eigenvalue weighted by Crippen LogP contribution is -2.26. The molecule has 0 bridgehead atoms. The molecule has 0 radical (unpaired) electrons. The molecule has 1 aromatic rings. The zero-order valence-electron chi connectivity index (χ0n) is 7.16. The summed E-state index contributed by atoms with van der Waals surface area (Å²) in [5.41, 5.74) is 0. The smallest absolute Gasteiger partial charge is 0.243 e. The molecule has 0 atom stereocenters. The van der Waals surface area contributed by atoms with Crippen molar-refractivity contribution in [2.75, 3.05) is 14.1 Å². The van der Waals surface area contributed by atoms with E-state index in [0.29, 0.717) is 9.47 Å². The number of amides is 1. The summed E-state index contributed by atoms with van der Waals surface area (Å²) in [6.45, 7) is 0.187. The van der Waals surface area contributed by atoms with Gasteiger partial charge < -0.3 is 4.90 Å². The van der Waals surface area contributed by atoms with E-state index in [1.54, 1.807) is 14.1 Å². The van der Waals surface area contributed by atoms with Crippen LogP contribution in [0.1, 0.15) is 0 Å². The van der Waals surface area contributed by atoms with Crippen LogP contribution in [0.15, 0.2) is 9.47 Å². The monoisotopic (exact) mass is 310 g/mol. The molecule has 0 spiro atoms. The number of carbonyl (C=O) groups is 1. The first-order valence-corrected chi connectivity index (χ1v) is 5.05. The molecular weight excluding hydrogens is 304 g/mol. The molecule has 0 saturated heterocycles. The second kappa shape index (κ2) is 4.19. The van der Waals surface area contributed by atoms with Crippen molar-refractivity contribution in [2.24, 2.45) is 0 Å². The van der Waals surface area contributed by atoms with Crippen molar-refractivity contribution in [1.29, 1.82) is 0 Å². The average Bonchev–Trinajstić information content (AvgIpc) is 2.30. The third-order valence-electron chi connectivity index (χ3n) is 1.38. The summed E-state index contributed by atoms with van der Waals surface area (Å²) in [4.78, 5) is 16.7. The molecule has 72 valence electrons. The highest BCUT2D eigenvalue weighted by Crippen LogP contribution is 2.10. The van der Waals surface area contributed by atoms with Gasteiger partial charge in [-0.05, 0) is 31.9 Å². The summed E-state index contributed by atoms with van der Waals surface area (Å²) in [5, 5.41) is 3.96. The maximum atomic E-state index is 11.3. The molecule has 13 heavy (non-hydrogen) atoms. The van der Waals surface area contributed by atoms with Crippen LogP contribution in [-0.4, -0.2) is 39.7 Å². The predicted molar refractivity (Wildman–Crippen MR) is 54.1 cm³/mol. The van der Waals surface area contributed by atoms with Crippen molar-refractivity contribution in [3.63, 3.8) is 0 Å². The van der Waals surface area contributed by atoms with E-state index in [-0.39, 0.29) is 12.5 Å². The lowest BCUT2D eigenvalue weighted by molar-refractivity contribution is -0.129. The summed E-state index contributed by atoms with van der Waals surface area (Å²) in [7, 11) is 3.39. The fraction of sp³-hybridized carbons (Fsp3) is 0.500. The van der Waals surface area contributed by atoms with Crippen LogP contribution in [0, 0.1) is 0 Å². The standard InChI is InChI=1S/C6H8Br2N4O/c1-11(2)4(13)3-12-6(8)9-5(7)10-12/h3H2,1-2H3. The molecule has 1 amide bonds. The highest BCUT2D eigenvalue weighted by atomic mass is 79.9. The van der Waals surface area contributed by atoms with Crippen molar-refractivity contribution in [3.05, 3.63) is 9.47 Å². The molecule has 0 unspecified atom stereocenters. The van der Waals surface area contributed by atoms with Crippen molar-refractivity contribution >= 4 is 37.8 Å². The summed E-state index contributed by atoms with van der Waals surface area (Å²) in [5.74, 6) is -0.0295. The largest absolute Gasteiger partial charge is 0.347 e. The van der Waals surface area contributed by atoms with Crippen LogP contribution >= 0.6 is 31.9 Å². The molecule has 0 aromatic carbocycles. The number of nitrogens with zero attached hydrogens (tertiary/aromatic N) is 4. The Morgan fingerprint density at radius 3 is 2.54 bits per heavy atom. The van der Waals surface area contributed by atoms with E-state index in [2.05, 4.69) is 41.9 Å². The number of rotatable bonds is 2. The summed E-state index contributed by atoms with van der Waals surface area (Å²) < 4.78 is 2.48. The normalized spacial score (nSPS) is 10.2. The van der Waals surface area contributed by atoms with Gasteiger partial charge in [0.2, 0.25) is 10.6 Å². The fourth-order valence-electron chi connectivity index (χ4n) is 0.667. The Kier molecular flexibility index (Phi) is 3.43. The summed E-state index contributed by atoms with van der Waals surface area (Å²) >= 11 is 6.30. The van der Waals surface area contributed by atoms with Crippen molar-refractivity contribution in [1.82, 2.24) is 19.7 Å². The quantitative estimate of drug-likeness (QED) is 0.815. The molecule has 0 aliphatic rings. The number of hydrogen-bond donors (Lipinski definition) is 0. The molecule has 7 heteroatoms. The first-order valence-electron chi connectivity index (χ1n) is 3.46. The van der Waals surface area contributed by atoms with Crippen LogP contribution in [-0.2, 0) is 11.3 Å². The Balaban J connectivity index is 2.74. The number of likely N-dealkylation sites (N-methyl/N-ethyl adjacent to an activating group) is 1. The van der Waals surface area contributed by atoms with Gasteiger partial charge in [0.05, 0.1) is 0 Å². The van der Waals surface area contributed by atoms with Gasteiger partial charge in [0, 0.05) is 14.1 Å². The van der Waals surface area contributed by atoms with Gasteiger partial charge in [0.1, 0.15) is 6.54 Å². The van der Waals surface area contributed by atoms with Crippen LogP contribution in [0.2, 0.25) is 0 Å². The van der Waals surface area contributed by atoms with Crippen molar-refractivity contribution in [2.45, 2.75) is 6.54 Å². The Hall–Kier alpha value is -0.430. The molecule has 5 nitrogen and oxygen atoms in total. The third-order valence-corrected chi connectivity index (χ3v) is 2.31. The minimum absolute atomic E-state index is 0.0295.